The molecule has 0 radical (unpaired) electrons. The minimum atomic E-state index is -4.51. The zero-order chi connectivity index (χ0) is 25.8. The van der Waals surface area contributed by atoms with Gasteiger partial charge in [0.25, 0.3) is 0 Å². The Balaban J connectivity index is 1.17. The summed E-state index contributed by atoms with van der Waals surface area (Å²) in [6.07, 6.45) is 3.25. The Labute approximate surface area is 224 Å². The first-order valence-electron chi connectivity index (χ1n) is 12.3. The van der Waals surface area contributed by atoms with E-state index in [9.17, 15) is 18.0 Å². The predicted molar refractivity (Wildman–Crippen MR) is 137 cm³/mol. The molecule has 3 saturated heterocycles. The minimum Gasteiger partial charge on any atom is -0.356 e. The number of piperidine rings is 1. The van der Waals surface area contributed by atoms with E-state index in [0.29, 0.717) is 44.3 Å². The fraction of sp³-hybridized carbons (Fsp3) is 0.542. The van der Waals surface area contributed by atoms with Gasteiger partial charge >= 0.3 is 6.18 Å². The number of pyridine rings is 1. The van der Waals surface area contributed by atoms with E-state index >= 15 is 0 Å². The quantitative estimate of drug-likeness (QED) is 0.394. The van der Waals surface area contributed by atoms with Gasteiger partial charge in [0, 0.05) is 44.3 Å². The molecule has 3 aliphatic heterocycles. The molecule has 6 rings (SSSR count). The summed E-state index contributed by atoms with van der Waals surface area (Å²) in [5, 5.41) is 5.57. The van der Waals surface area contributed by atoms with Crippen LogP contribution in [0.2, 0.25) is 0 Å². The summed E-state index contributed by atoms with van der Waals surface area (Å²) in [7, 11) is 0. The lowest BCUT2D eigenvalue weighted by Crippen LogP contribution is -2.42. The van der Waals surface area contributed by atoms with E-state index in [0.717, 1.165) is 59.1 Å². The molecule has 3 aromatic rings. The van der Waals surface area contributed by atoms with Crippen molar-refractivity contribution in [1.82, 2.24) is 24.7 Å². The van der Waals surface area contributed by atoms with Gasteiger partial charge in [0.05, 0.1) is 17.3 Å². The minimum absolute atomic E-state index is 0.0846. The van der Waals surface area contributed by atoms with Crippen LogP contribution in [0.25, 0.3) is 11.0 Å². The zero-order valence-corrected chi connectivity index (χ0v) is 22.1. The maximum Gasteiger partial charge on any atom is 0.433 e. The Kier molecular flexibility index (Phi) is 6.24. The number of alkyl halides is 3. The summed E-state index contributed by atoms with van der Waals surface area (Å²) < 4.78 is 47.3. The number of nitrogens with zero attached hydrogens (tertiary/aromatic N) is 7. The van der Waals surface area contributed by atoms with Crippen LogP contribution in [0.1, 0.15) is 50.4 Å². The first-order valence-corrected chi connectivity index (χ1v) is 13.4. The molecule has 1 unspecified atom stereocenters. The number of aromatic nitrogens is 5. The second kappa shape index (κ2) is 9.33. The van der Waals surface area contributed by atoms with Gasteiger partial charge in [-0.25, -0.2) is 14.6 Å². The summed E-state index contributed by atoms with van der Waals surface area (Å²) in [5.74, 6) is 0.544. The Morgan fingerprint density at radius 2 is 1.92 bits per heavy atom. The van der Waals surface area contributed by atoms with Crippen LogP contribution in [0.3, 0.4) is 0 Å². The van der Waals surface area contributed by atoms with E-state index in [1.165, 1.54) is 6.07 Å². The van der Waals surface area contributed by atoms with Crippen molar-refractivity contribution in [3.63, 3.8) is 0 Å². The molecule has 1 spiro atoms. The second-order valence-corrected chi connectivity index (χ2v) is 11.0. The number of ether oxygens (including phenoxy) is 1. The molecule has 3 fully saturated rings. The smallest absolute Gasteiger partial charge is 0.356 e. The van der Waals surface area contributed by atoms with Crippen molar-refractivity contribution >= 4 is 51.2 Å². The van der Waals surface area contributed by atoms with E-state index < -0.39 is 11.9 Å². The monoisotopic (exact) mass is 627 g/mol. The number of amides is 1. The van der Waals surface area contributed by atoms with Crippen molar-refractivity contribution in [3.05, 3.63) is 33.9 Å². The third-order valence-electron chi connectivity index (χ3n) is 7.60. The number of hydrogen-bond acceptors (Lipinski definition) is 7. The number of fused-ring (bicyclic) bond motifs is 1. The van der Waals surface area contributed by atoms with E-state index in [1.807, 2.05) is 10.9 Å². The zero-order valence-electron chi connectivity index (χ0n) is 19.9. The lowest BCUT2D eigenvalue weighted by Gasteiger charge is -2.38. The highest BCUT2D eigenvalue weighted by atomic mass is 127. The first-order chi connectivity index (χ1) is 17.7. The van der Waals surface area contributed by atoms with Crippen LogP contribution in [-0.4, -0.2) is 56.9 Å². The van der Waals surface area contributed by atoms with Gasteiger partial charge in [-0.3, -0.25) is 4.79 Å². The Morgan fingerprint density at radius 1 is 1.11 bits per heavy atom. The van der Waals surface area contributed by atoms with Gasteiger partial charge in [0.2, 0.25) is 11.9 Å². The number of carbonyl (C=O) groups is 1. The summed E-state index contributed by atoms with van der Waals surface area (Å²) in [5.41, 5.74) is -0.0283. The standard InChI is InChI=1S/C24H25F3IN7O2/c25-24(26,27)17-5-4-15(12-29-17)34-14-23(11-18(34)36)6-8-33(9-7-23)22-30-13-16-20(28)32-35(21(16)31-22)19-3-1-2-10-37-19/h4-5,12-13,19H,1-3,6-11,14H2. The van der Waals surface area contributed by atoms with E-state index in [1.54, 1.807) is 4.90 Å². The highest BCUT2D eigenvalue weighted by Crippen LogP contribution is 2.43. The highest BCUT2D eigenvalue weighted by Gasteiger charge is 2.46. The van der Waals surface area contributed by atoms with Gasteiger partial charge in [-0.1, -0.05) is 0 Å². The lowest BCUT2D eigenvalue weighted by molar-refractivity contribution is -0.141. The molecule has 13 heteroatoms. The Hall–Kier alpha value is -2.55. The molecular weight excluding hydrogens is 602 g/mol. The van der Waals surface area contributed by atoms with Crippen LogP contribution in [0.4, 0.5) is 24.8 Å². The third-order valence-corrected chi connectivity index (χ3v) is 8.39. The second-order valence-electron chi connectivity index (χ2n) is 10.0. The highest BCUT2D eigenvalue weighted by molar-refractivity contribution is 14.1. The van der Waals surface area contributed by atoms with Gasteiger partial charge < -0.3 is 14.5 Å². The molecule has 0 aromatic carbocycles. The summed E-state index contributed by atoms with van der Waals surface area (Å²) >= 11 is 2.20. The fourth-order valence-electron chi connectivity index (χ4n) is 5.51. The average molecular weight is 627 g/mol. The van der Waals surface area contributed by atoms with Crippen molar-refractivity contribution in [3.8, 4) is 0 Å². The first kappa shape index (κ1) is 24.8. The normalized spacial score (nSPS) is 22.4. The van der Waals surface area contributed by atoms with Gasteiger partial charge in [-0.15, -0.1) is 0 Å². The van der Waals surface area contributed by atoms with Gasteiger partial charge in [-0.2, -0.15) is 23.3 Å². The van der Waals surface area contributed by atoms with Crippen LogP contribution in [-0.2, 0) is 15.7 Å². The number of hydrogen-bond donors (Lipinski definition) is 0. The van der Waals surface area contributed by atoms with Crippen LogP contribution >= 0.6 is 22.6 Å². The fourth-order valence-corrected chi connectivity index (χ4v) is 6.12. The summed E-state index contributed by atoms with van der Waals surface area (Å²) in [4.78, 5) is 29.5. The summed E-state index contributed by atoms with van der Waals surface area (Å²) in [6.45, 7) is 2.55. The number of carbonyl (C=O) groups excluding carboxylic acids is 1. The van der Waals surface area contributed by atoms with Crippen LogP contribution in [0.15, 0.2) is 24.5 Å². The van der Waals surface area contributed by atoms with Crippen molar-refractivity contribution in [2.45, 2.75) is 50.9 Å². The van der Waals surface area contributed by atoms with Gasteiger partial charge in [0.1, 0.15) is 9.39 Å². The maximum absolute atomic E-state index is 12.9. The maximum atomic E-state index is 12.9. The number of halogens is 4. The Morgan fingerprint density at radius 3 is 2.59 bits per heavy atom. The van der Waals surface area contributed by atoms with E-state index in [-0.39, 0.29) is 17.6 Å². The van der Waals surface area contributed by atoms with Crippen molar-refractivity contribution < 1.29 is 22.7 Å². The average Bonchev–Trinajstić information content (AvgIpc) is 3.40. The molecule has 0 aliphatic carbocycles. The number of anilines is 2. The molecule has 0 N–H and O–H groups in total. The third kappa shape index (κ3) is 4.64. The van der Waals surface area contributed by atoms with E-state index in [4.69, 9.17) is 9.72 Å². The molecule has 3 aromatic heterocycles. The van der Waals surface area contributed by atoms with Crippen LogP contribution in [0, 0.1) is 9.12 Å². The van der Waals surface area contributed by atoms with Gasteiger partial charge in [-0.05, 0) is 66.8 Å². The molecule has 1 atom stereocenters. The number of rotatable bonds is 3. The van der Waals surface area contributed by atoms with Crippen LogP contribution < -0.4 is 9.80 Å². The topological polar surface area (TPSA) is 89.3 Å². The molecule has 0 saturated carbocycles. The molecule has 9 nitrogen and oxygen atoms in total. The molecular formula is C24H25F3IN7O2. The molecule has 3 aliphatic rings. The van der Waals surface area contributed by atoms with Gasteiger partial charge in [0.15, 0.2) is 11.9 Å². The largest absolute Gasteiger partial charge is 0.433 e. The van der Waals surface area contributed by atoms with E-state index in [2.05, 4.69) is 42.6 Å². The predicted octanol–water partition coefficient (Wildman–Crippen LogP) is 4.57. The molecule has 37 heavy (non-hydrogen) atoms. The Bertz CT molecular complexity index is 1320. The molecule has 6 heterocycles. The molecule has 196 valence electrons. The van der Waals surface area contributed by atoms with Crippen molar-refractivity contribution in [2.75, 3.05) is 36.0 Å². The lowest BCUT2D eigenvalue weighted by atomic mass is 9.77. The van der Waals surface area contributed by atoms with Crippen LogP contribution in [0.5, 0.6) is 0 Å². The van der Waals surface area contributed by atoms with Crippen molar-refractivity contribution in [2.24, 2.45) is 5.41 Å². The SMILES string of the molecule is O=C1CC2(CCN(c3ncc4c(I)nn(C5CCCCO5)c4n3)CC2)CN1c1ccc(C(F)(F)F)nc1. The molecule has 0 bridgehead atoms. The molecule has 1 amide bonds. The summed E-state index contributed by atoms with van der Waals surface area (Å²) in [6, 6.07) is 2.25. The van der Waals surface area contributed by atoms with Crippen molar-refractivity contribution in [1.29, 1.82) is 0 Å².